The Kier molecular flexibility index (Phi) is 25.1. The number of allylic oxidation sites excluding steroid dienone is 1. The van der Waals surface area contributed by atoms with Gasteiger partial charge in [0.2, 0.25) is 0 Å². The molecule has 0 spiro atoms. The van der Waals surface area contributed by atoms with E-state index in [2.05, 4.69) is 107 Å². The molecule has 48 heavy (non-hydrogen) atoms. The van der Waals surface area contributed by atoms with Gasteiger partial charge in [-0.3, -0.25) is 0 Å². The van der Waals surface area contributed by atoms with Gasteiger partial charge < -0.3 is 28.2 Å². The molecule has 286 valence electrons. The molecule has 0 saturated heterocycles. The topological polar surface area (TPSA) is 66.4 Å². The zero-order valence-electron chi connectivity index (χ0n) is 34.2. The molecule has 0 aromatic rings. The van der Waals surface area contributed by atoms with Gasteiger partial charge in [-0.05, 0) is 105 Å². The van der Waals surface area contributed by atoms with Crippen molar-refractivity contribution in [3.8, 4) is 0 Å². The van der Waals surface area contributed by atoms with Crippen molar-refractivity contribution >= 4 is 28.4 Å². The van der Waals surface area contributed by atoms with Crippen molar-refractivity contribution in [2.24, 2.45) is 17.8 Å². The molecule has 0 amide bonds. The minimum absolute atomic E-state index is 0.0376. The Morgan fingerprint density at radius 3 is 2.06 bits per heavy atom. The molecule has 0 aromatic heterocycles. The van der Waals surface area contributed by atoms with Crippen LogP contribution >= 0.6 is 11.8 Å². The number of hydrogen-bond donors (Lipinski definition) is 1. The van der Waals surface area contributed by atoms with E-state index in [-0.39, 0.29) is 42.0 Å². The lowest BCUT2D eigenvalue weighted by molar-refractivity contribution is -0.0378. The second kappa shape index (κ2) is 25.1. The summed E-state index contributed by atoms with van der Waals surface area (Å²) < 4.78 is 31.7. The van der Waals surface area contributed by atoms with Gasteiger partial charge in [-0.15, -0.1) is 11.8 Å². The van der Waals surface area contributed by atoms with Crippen LogP contribution in [0.2, 0.25) is 36.3 Å². The van der Waals surface area contributed by atoms with E-state index in [0.717, 1.165) is 38.7 Å². The average Bonchev–Trinajstić information content (AvgIpc) is 3.05. The Hall–Kier alpha value is 0.0238. The molecule has 7 atom stereocenters. The van der Waals surface area contributed by atoms with E-state index in [1.54, 1.807) is 11.8 Å². The predicted molar refractivity (Wildman–Crippen MR) is 215 cm³/mol. The largest absolute Gasteiger partial charge is 0.417 e. The van der Waals surface area contributed by atoms with E-state index in [1.807, 2.05) is 14.2 Å². The normalized spacial score (nSPS) is 18.1. The highest BCUT2D eigenvalue weighted by atomic mass is 32.2. The molecule has 1 N–H and O–H groups in total. The lowest BCUT2D eigenvalue weighted by atomic mass is 9.84. The van der Waals surface area contributed by atoms with Gasteiger partial charge in [0, 0.05) is 33.4 Å². The number of thioether (sulfide) groups is 1. The third-order valence-electron chi connectivity index (χ3n) is 11.1. The maximum Gasteiger partial charge on any atom is 0.192 e. The van der Waals surface area contributed by atoms with E-state index in [1.165, 1.54) is 23.7 Å². The SMILES string of the molecule is CC[Si](CC)(CC)OCC/C=C/[C@@H](C[C@H](C)C/C=C(\C)[C@H](CC[C@@H](C)[C@@H](O[Si](C)(C)C(C)(C)C)[C@H](C)[C@@H](CCO)OCSC)OC)OC. The number of methoxy groups -OCH3 is 2. The molecule has 0 heterocycles. The fraction of sp³-hybridized carbons (Fsp3) is 0.897. The smallest absolute Gasteiger partial charge is 0.192 e. The number of ether oxygens (including phenoxy) is 3. The summed E-state index contributed by atoms with van der Waals surface area (Å²) in [6.45, 7) is 28.5. The van der Waals surface area contributed by atoms with Crippen LogP contribution in [0.1, 0.15) is 108 Å². The van der Waals surface area contributed by atoms with Crippen molar-refractivity contribution in [3.05, 3.63) is 23.8 Å². The molecule has 6 nitrogen and oxygen atoms in total. The number of aliphatic hydroxyl groups is 1. The van der Waals surface area contributed by atoms with Crippen molar-refractivity contribution in [3.63, 3.8) is 0 Å². The maximum absolute atomic E-state index is 9.84. The van der Waals surface area contributed by atoms with Gasteiger partial charge in [0.05, 0.1) is 30.4 Å². The molecule has 0 aromatic carbocycles. The summed E-state index contributed by atoms with van der Waals surface area (Å²) in [6, 6.07) is 3.59. The average molecular weight is 733 g/mol. The fourth-order valence-electron chi connectivity index (χ4n) is 6.27. The molecular weight excluding hydrogens is 653 g/mol. The van der Waals surface area contributed by atoms with Crippen molar-refractivity contribution in [1.82, 2.24) is 0 Å². The van der Waals surface area contributed by atoms with Crippen LogP contribution in [0.15, 0.2) is 23.8 Å². The van der Waals surface area contributed by atoms with Crippen molar-refractivity contribution in [2.45, 2.75) is 168 Å². The summed E-state index contributed by atoms with van der Waals surface area (Å²) in [5, 5.41) is 9.95. The summed E-state index contributed by atoms with van der Waals surface area (Å²) in [4.78, 5) is 0. The van der Waals surface area contributed by atoms with Crippen molar-refractivity contribution < 1.29 is 28.2 Å². The van der Waals surface area contributed by atoms with Gasteiger partial charge in [-0.25, -0.2) is 0 Å². The highest BCUT2D eigenvalue weighted by molar-refractivity contribution is 7.98. The van der Waals surface area contributed by atoms with Crippen molar-refractivity contribution in [2.75, 3.05) is 39.6 Å². The van der Waals surface area contributed by atoms with Crippen LogP contribution in [0.3, 0.4) is 0 Å². The standard InChI is InChI=1S/C39H80O6SSi2/c1-16-48(17-2,18-3)44-28-20-19-21-35(41-11)29-31(4)22-23-32(5)36(42-12)25-24-33(6)38(45-47(14,15)39(8,9)10)34(7)37(26-27-40)43-30-46-13/h19,21,23,31,33-38,40H,16-18,20,22,24-30H2,1-15H3/b21-19+,32-23+/t31-,33-,34-,35+,36+,37-,38-/m1/s1. The van der Waals surface area contributed by atoms with Gasteiger partial charge in [0.25, 0.3) is 0 Å². The summed E-state index contributed by atoms with van der Waals surface area (Å²) in [5.41, 5.74) is 1.30. The Morgan fingerprint density at radius 2 is 1.56 bits per heavy atom. The highest BCUT2D eigenvalue weighted by Crippen LogP contribution is 2.40. The zero-order chi connectivity index (χ0) is 37.0. The van der Waals surface area contributed by atoms with Crippen LogP contribution in [-0.2, 0) is 23.1 Å². The summed E-state index contributed by atoms with van der Waals surface area (Å²) in [6.07, 6.45) is 14.6. The summed E-state index contributed by atoms with van der Waals surface area (Å²) >= 11 is 1.68. The Morgan fingerprint density at radius 1 is 0.938 bits per heavy atom. The molecule has 0 saturated carbocycles. The van der Waals surface area contributed by atoms with Gasteiger partial charge in [-0.2, -0.15) is 0 Å². The van der Waals surface area contributed by atoms with Crippen LogP contribution in [0.4, 0.5) is 0 Å². The second-order valence-electron chi connectivity index (χ2n) is 15.7. The van der Waals surface area contributed by atoms with E-state index in [9.17, 15) is 5.11 Å². The molecule has 0 aliphatic carbocycles. The highest BCUT2D eigenvalue weighted by Gasteiger charge is 2.43. The van der Waals surface area contributed by atoms with Gasteiger partial charge in [0.1, 0.15) is 0 Å². The van der Waals surface area contributed by atoms with Crippen LogP contribution < -0.4 is 0 Å². The third-order valence-corrected chi connectivity index (χ3v) is 20.7. The maximum atomic E-state index is 9.84. The third kappa shape index (κ3) is 17.5. The van der Waals surface area contributed by atoms with Gasteiger partial charge in [0.15, 0.2) is 16.6 Å². The number of aliphatic hydroxyl groups excluding tert-OH is 1. The minimum atomic E-state index is -2.03. The first-order valence-corrected chi connectivity index (χ1v) is 25.8. The summed E-state index contributed by atoms with van der Waals surface area (Å²) in [7, 11) is 0.0966. The van der Waals surface area contributed by atoms with Crippen LogP contribution in [0.25, 0.3) is 0 Å². The molecule has 0 radical (unpaired) electrons. The van der Waals surface area contributed by atoms with Gasteiger partial charge in [-0.1, -0.05) is 80.5 Å². The molecule has 0 unspecified atom stereocenters. The summed E-state index contributed by atoms with van der Waals surface area (Å²) in [5.74, 6) is 1.61. The van der Waals surface area contributed by atoms with E-state index >= 15 is 0 Å². The van der Waals surface area contributed by atoms with Crippen molar-refractivity contribution in [1.29, 1.82) is 0 Å². The fourth-order valence-corrected chi connectivity index (χ4v) is 10.7. The lowest BCUT2D eigenvalue weighted by Gasteiger charge is -2.44. The van der Waals surface area contributed by atoms with Gasteiger partial charge >= 0.3 is 0 Å². The lowest BCUT2D eigenvalue weighted by Crippen LogP contribution is -2.49. The molecule has 0 aliphatic heterocycles. The van der Waals surface area contributed by atoms with Crippen LogP contribution in [0, 0.1) is 17.8 Å². The quantitative estimate of drug-likeness (QED) is 0.0372. The van der Waals surface area contributed by atoms with Crippen LogP contribution in [0.5, 0.6) is 0 Å². The predicted octanol–water partition coefficient (Wildman–Crippen LogP) is 10.9. The first-order chi connectivity index (χ1) is 22.5. The minimum Gasteiger partial charge on any atom is -0.417 e. The Balaban J connectivity index is 5.42. The van der Waals surface area contributed by atoms with E-state index < -0.39 is 16.6 Å². The first kappa shape index (κ1) is 48.0. The van der Waals surface area contributed by atoms with E-state index in [4.69, 9.17) is 23.1 Å². The number of hydrogen-bond acceptors (Lipinski definition) is 7. The molecule has 0 aliphatic rings. The Bertz CT molecular complexity index is 865. The molecular formula is C39H80O6SSi2. The monoisotopic (exact) mass is 733 g/mol. The molecule has 9 heteroatoms. The molecule has 0 rings (SSSR count). The molecule has 0 bridgehead atoms. The number of rotatable bonds is 28. The Labute approximate surface area is 305 Å². The van der Waals surface area contributed by atoms with E-state index in [0.29, 0.717) is 24.2 Å². The molecule has 0 fully saturated rings. The first-order valence-electron chi connectivity index (χ1n) is 18.9. The second-order valence-corrected chi connectivity index (χ2v) is 26.1. The zero-order valence-corrected chi connectivity index (χ0v) is 37.0. The van der Waals surface area contributed by atoms with Crippen LogP contribution in [-0.4, -0.2) is 85.8 Å².